The first kappa shape index (κ1) is 13.3. The lowest BCUT2D eigenvalue weighted by Crippen LogP contribution is -2.34. The van der Waals surface area contributed by atoms with Gasteiger partial charge < -0.3 is 9.22 Å². The lowest BCUT2D eigenvalue weighted by atomic mass is 9.94. The molecular formula is C13H22O2Si. The van der Waals surface area contributed by atoms with E-state index in [0.717, 1.165) is 5.75 Å². The molecule has 0 atom stereocenters. The minimum Gasteiger partial charge on any atom is -0.520 e. The van der Waals surface area contributed by atoms with E-state index in [2.05, 4.69) is 33.8 Å². The number of hydrogen-bond donors (Lipinski definition) is 1. The molecule has 0 unspecified atom stereocenters. The van der Waals surface area contributed by atoms with E-state index < -0.39 is 8.56 Å². The first-order valence-corrected chi connectivity index (χ1v) is 8.59. The summed E-state index contributed by atoms with van der Waals surface area (Å²) in [5.41, 5.74) is 3.76. The van der Waals surface area contributed by atoms with Crippen LogP contribution in [-0.4, -0.2) is 13.4 Å². The highest BCUT2D eigenvalue weighted by Crippen LogP contribution is 2.32. The van der Waals surface area contributed by atoms with Gasteiger partial charge in [0.15, 0.2) is 0 Å². The van der Waals surface area contributed by atoms with E-state index in [9.17, 15) is 4.80 Å². The fourth-order valence-corrected chi connectivity index (χ4v) is 2.60. The molecule has 0 amide bonds. The Kier molecular flexibility index (Phi) is 3.81. The van der Waals surface area contributed by atoms with Crippen LogP contribution in [0.2, 0.25) is 13.1 Å². The Morgan fingerprint density at radius 3 is 2.19 bits per heavy atom. The maximum Gasteiger partial charge on any atom is 0.389 e. The molecule has 0 aliphatic rings. The van der Waals surface area contributed by atoms with Crippen molar-refractivity contribution in [2.24, 2.45) is 0 Å². The number of hydrogen-bond acceptors (Lipinski definition) is 2. The van der Waals surface area contributed by atoms with Crippen molar-refractivity contribution < 1.29 is 9.22 Å². The minimum absolute atomic E-state index is 0.409. The van der Waals surface area contributed by atoms with Crippen LogP contribution in [0.5, 0.6) is 5.75 Å². The molecule has 0 radical (unpaired) electrons. The standard InChI is InChI=1S/C13H22O2Si/c1-9(2)13-11(4)10(3)7-8-12(13)15-16(5,6)14/h7-9,14H,1-6H3. The lowest BCUT2D eigenvalue weighted by molar-refractivity contribution is 0.387. The molecule has 1 N–H and O–H groups in total. The Balaban J connectivity index is 3.24. The molecule has 0 saturated heterocycles. The van der Waals surface area contributed by atoms with Crippen molar-refractivity contribution in [2.45, 2.75) is 46.7 Å². The van der Waals surface area contributed by atoms with E-state index in [1.165, 1.54) is 16.7 Å². The van der Waals surface area contributed by atoms with Crippen LogP contribution in [0.1, 0.15) is 36.5 Å². The molecule has 16 heavy (non-hydrogen) atoms. The zero-order valence-electron chi connectivity index (χ0n) is 11.1. The Morgan fingerprint density at radius 1 is 1.19 bits per heavy atom. The van der Waals surface area contributed by atoms with Crippen molar-refractivity contribution in [3.05, 3.63) is 28.8 Å². The third-order valence-electron chi connectivity index (χ3n) is 2.68. The van der Waals surface area contributed by atoms with Gasteiger partial charge in [-0.3, -0.25) is 0 Å². The third-order valence-corrected chi connectivity index (χ3v) is 3.40. The van der Waals surface area contributed by atoms with E-state index >= 15 is 0 Å². The van der Waals surface area contributed by atoms with Crippen molar-refractivity contribution in [1.29, 1.82) is 0 Å². The van der Waals surface area contributed by atoms with Gasteiger partial charge >= 0.3 is 8.56 Å². The average molecular weight is 238 g/mol. The second kappa shape index (κ2) is 4.59. The second-order valence-corrected chi connectivity index (χ2v) is 8.22. The molecule has 0 spiro atoms. The highest BCUT2D eigenvalue weighted by atomic mass is 28.4. The molecule has 0 saturated carbocycles. The van der Waals surface area contributed by atoms with Gasteiger partial charge in [0.1, 0.15) is 5.75 Å². The lowest BCUT2D eigenvalue weighted by Gasteiger charge is -2.23. The zero-order valence-corrected chi connectivity index (χ0v) is 12.1. The van der Waals surface area contributed by atoms with Gasteiger partial charge in [-0.25, -0.2) is 0 Å². The van der Waals surface area contributed by atoms with E-state index in [4.69, 9.17) is 4.43 Å². The van der Waals surface area contributed by atoms with Crippen LogP contribution in [0.15, 0.2) is 12.1 Å². The minimum atomic E-state index is -2.52. The van der Waals surface area contributed by atoms with Crippen LogP contribution in [0.3, 0.4) is 0 Å². The normalized spacial score (nSPS) is 12.0. The van der Waals surface area contributed by atoms with Crippen LogP contribution in [-0.2, 0) is 0 Å². The summed E-state index contributed by atoms with van der Waals surface area (Å²) >= 11 is 0. The van der Waals surface area contributed by atoms with E-state index in [-0.39, 0.29) is 0 Å². The van der Waals surface area contributed by atoms with Crippen LogP contribution in [0.25, 0.3) is 0 Å². The van der Waals surface area contributed by atoms with Gasteiger partial charge in [-0.15, -0.1) is 0 Å². The summed E-state index contributed by atoms with van der Waals surface area (Å²) in [7, 11) is -2.52. The summed E-state index contributed by atoms with van der Waals surface area (Å²) in [6.45, 7) is 12.1. The highest BCUT2D eigenvalue weighted by Gasteiger charge is 2.23. The first-order chi connectivity index (χ1) is 7.22. The first-order valence-electron chi connectivity index (χ1n) is 5.74. The van der Waals surface area contributed by atoms with E-state index in [1.807, 2.05) is 6.07 Å². The van der Waals surface area contributed by atoms with Gasteiger partial charge in [-0.2, -0.15) is 0 Å². The van der Waals surface area contributed by atoms with Crippen LogP contribution in [0, 0.1) is 13.8 Å². The van der Waals surface area contributed by atoms with Gasteiger partial charge in [0.05, 0.1) is 0 Å². The smallest absolute Gasteiger partial charge is 0.389 e. The van der Waals surface area contributed by atoms with Gasteiger partial charge in [0, 0.05) is 0 Å². The number of aryl methyl sites for hydroxylation is 1. The molecule has 90 valence electrons. The molecule has 2 nitrogen and oxygen atoms in total. The molecule has 0 aromatic heterocycles. The molecule has 0 aliphatic heterocycles. The Labute approximate surface area is 99.5 Å². The molecule has 0 heterocycles. The number of rotatable bonds is 3. The maximum atomic E-state index is 9.85. The summed E-state index contributed by atoms with van der Waals surface area (Å²) < 4.78 is 5.72. The monoisotopic (exact) mass is 238 g/mol. The Morgan fingerprint density at radius 2 is 1.75 bits per heavy atom. The fraction of sp³-hybridized carbons (Fsp3) is 0.538. The molecule has 1 rings (SSSR count). The van der Waals surface area contributed by atoms with Gasteiger partial charge in [-0.05, 0) is 55.6 Å². The van der Waals surface area contributed by atoms with Crippen LogP contribution >= 0.6 is 0 Å². The van der Waals surface area contributed by atoms with Crippen LogP contribution < -0.4 is 4.43 Å². The summed E-state index contributed by atoms with van der Waals surface area (Å²) in [6, 6.07) is 4.03. The molecule has 3 heteroatoms. The Bertz CT molecular complexity index is 378. The molecule has 0 fully saturated rings. The molecule has 1 aromatic carbocycles. The van der Waals surface area contributed by atoms with Crippen molar-refractivity contribution in [3.63, 3.8) is 0 Å². The fourth-order valence-electron chi connectivity index (χ4n) is 1.89. The predicted molar refractivity (Wildman–Crippen MR) is 70.3 cm³/mol. The maximum absolute atomic E-state index is 9.85. The summed E-state index contributed by atoms with van der Waals surface area (Å²) in [6.07, 6.45) is 0. The quantitative estimate of drug-likeness (QED) is 0.817. The zero-order chi connectivity index (χ0) is 12.5. The van der Waals surface area contributed by atoms with Gasteiger partial charge in [-0.1, -0.05) is 19.9 Å². The molecule has 1 aromatic rings. The van der Waals surface area contributed by atoms with Gasteiger partial charge in [0.2, 0.25) is 0 Å². The van der Waals surface area contributed by atoms with Gasteiger partial charge in [0.25, 0.3) is 0 Å². The summed E-state index contributed by atoms with van der Waals surface area (Å²) in [4.78, 5) is 9.85. The summed E-state index contributed by atoms with van der Waals surface area (Å²) in [5.74, 6) is 1.25. The van der Waals surface area contributed by atoms with Crippen molar-refractivity contribution in [3.8, 4) is 5.75 Å². The number of benzene rings is 1. The average Bonchev–Trinajstić information content (AvgIpc) is 2.08. The molecular weight excluding hydrogens is 216 g/mol. The predicted octanol–water partition coefficient (Wildman–Crippen LogP) is 3.50. The third kappa shape index (κ3) is 3.09. The molecule has 0 aliphatic carbocycles. The molecule has 0 bridgehead atoms. The van der Waals surface area contributed by atoms with Crippen molar-refractivity contribution in [1.82, 2.24) is 0 Å². The largest absolute Gasteiger partial charge is 0.520 e. The Hall–Kier alpha value is -0.803. The second-order valence-electron chi connectivity index (χ2n) is 5.12. The van der Waals surface area contributed by atoms with Crippen LogP contribution in [0.4, 0.5) is 0 Å². The van der Waals surface area contributed by atoms with E-state index in [1.54, 1.807) is 13.1 Å². The van der Waals surface area contributed by atoms with Crippen molar-refractivity contribution in [2.75, 3.05) is 0 Å². The topological polar surface area (TPSA) is 29.5 Å². The van der Waals surface area contributed by atoms with Crippen molar-refractivity contribution >= 4 is 8.56 Å². The van der Waals surface area contributed by atoms with E-state index in [0.29, 0.717) is 5.92 Å². The SMILES string of the molecule is Cc1ccc(O[Si](C)(C)O)c(C(C)C)c1C. The summed E-state index contributed by atoms with van der Waals surface area (Å²) in [5, 5.41) is 0. The highest BCUT2D eigenvalue weighted by molar-refractivity contribution is 6.63.